The maximum atomic E-state index is 12.0. The van der Waals surface area contributed by atoms with Gasteiger partial charge in [-0.15, -0.1) is 0 Å². The molecule has 0 aliphatic carbocycles. The van der Waals surface area contributed by atoms with Crippen molar-refractivity contribution >= 4 is 27.4 Å². The molecule has 0 saturated carbocycles. The fourth-order valence-corrected chi connectivity index (χ4v) is 2.00. The number of halogens is 1. The Morgan fingerprint density at radius 1 is 1.14 bits per heavy atom. The molecule has 2 aromatic rings. The molecule has 0 bridgehead atoms. The summed E-state index contributed by atoms with van der Waals surface area (Å²) in [5, 5.41) is 3.06. The largest absolute Gasteiger partial charge is 0.494 e. The van der Waals surface area contributed by atoms with Gasteiger partial charge >= 0.3 is 0 Å². The topological polar surface area (TPSA) is 38.3 Å². The van der Waals surface area contributed by atoms with E-state index in [0.29, 0.717) is 12.2 Å². The van der Waals surface area contributed by atoms with Crippen molar-refractivity contribution in [2.24, 2.45) is 0 Å². The van der Waals surface area contributed by atoms with Crippen LogP contribution in [0.5, 0.6) is 5.75 Å². The number of ether oxygens (including phenoxy) is 1. The van der Waals surface area contributed by atoms with Gasteiger partial charge in [0, 0.05) is 28.0 Å². The van der Waals surface area contributed by atoms with Gasteiger partial charge in [0.15, 0.2) is 5.78 Å². The van der Waals surface area contributed by atoms with Crippen molar-refractivity contribution in [2.75, 3.05) is 11.9 Å². The molecule has 0 amide bonds. The average Bonchev–Trinajstić information content (AvgIpc) is 2.50. The molecule has 2 rings (SSSR count). The van der Waals surface area contributed by atoms with Crippen LogP contribution in [0.3, 0.4) is 0 Å². The van der Waals surface area contributed by atoms with Gasteiger partial charge in [0.1, 0.15) is 5.75 Å². The molecule has 3 nitrogen and oxygen atoms in total. The van der Waals surface area contributed by atoms with Crippen LogP contribution in [0.15, 0.2) is 65.3 Å². The van der Waals surface area contributed by atoms with Gasteiger partial charge in [-0.1, -0.05) is 15.9 Å². The number of allylic oxidation sites excluding steroid dienone is 1. The van der Waals surface area contributed by atoms with Gasteiger partial charge in [0.05, 0.1) is 6.61 Å². The predicted molar refractivity (Wildman–Crippen MR) is 88.8 cm³/mol. The quantitative estimate of drug-likeness (QED) is 0.611. The first-order chi connectivity index (χ1) is 10.2. The normalized spacial score (nSPS) is 10.6. The lowest BCUT2D eigenvalue weighted by Crippen LogP contribution is -1.97. The van der Waals surface area contributed by atoms with Crippen molar-refractivity contribution in [3.63, 3.8) is 0 Å². The van der Waals surface area contributed by atoms with Crippen LogP contribution >= 0.6 is 15.9 Å². The summed E-state index contributed by atoms with van der Waals surface area (Å²) in [5.41, 5.74) is 1.56. The van der Waals surface area contributed by atoms with Gasteiger partial charge in [-0.25, -0.2) is 0 Å². The Morgan fingerprint density at radius 3 is 2.43 bits per heavy atom. The molecule has 0 aliphatic rings. The summed E-state index contributed by atoms with van der Waals surface area (Å²) in [4.78, 5) is 12.0. The van der Waals surface area contributed by atoms with Gasteiger partial charge in [0.2, 0.25) is 0 Å². The highest BCUT2D eigenvalue weighted by Gasteiger charge is 2.01. The molecule has 0 unspecified atom stereocenters. The molecule has 21 heavy (non-hydrogen) atoms. The highest BCUT2D eigenvalue weighted by molar-refractivity contribution is 9.10. The number of anilines is 1. The second-order valence-electron chi connectivity index (χ2n) is 4.31. The molecule has 1 N–H and O–H groups in total. The molecular formula is C17H16BrNO2. The monoisotopic (exact) mass is 345 g/mol. The number of benzene rings is 2. The number of nitrogens with one attached hydrogen (secondary N) is 1. The number of hydrogen-bond donors (Lipinski definition) is 1. The second kappa shape index (κ2) is 7.64. The number of rotatable bonds is 6. The number of carbonyl (C=O) groups is 1. The van der Waals surface area contributed by atoms with E-state index in [-0.39, 0.29) is 5.78 Å². The summed E-state index contributed by atoms with van der Waals surface area (Å²) in [7, 11) is 0. The molecule has 108 valence electrons. The Balaban J connectivity index is 1.94. The van der Waals surface area contributed by atoms with Gasteiger partial charge < -0.3 is 10.1 Å². The highest BCUT2D eigenvalue weighted by atomic mass is 79.9. The van der Waals surface area contributed by atoms with Crippen LogP contribution < -0.4 is 10.1 Å². The number of carbonyl (C=O) groups excluding carboxylic acids is 1. The minimum Gasteiger partial charge on any atom is -0.494 e. The zero-order chi connectivity index (χ0) is 15.1. The van der Waals surface area contributed by atoms with Crippen LogP contribution in [-0.4, -0.2) is 12.4 Å². The van der Waals surface area contributed by atoms with Crippen LogP contribution in [0, 0.1) is 0 Å². The van der Waals surface area contributed by atoms with E-state index < -0.39 is 0 Å². The second-order valence-corrected chi connectivity index (χ2v) is 5.22. The van der Waals surface area contributed by atoms with E-state index >= 15 is 0 Å². The fraction of sp³-hybridized carbons (Fsp3) is 0.118. The molecule has 2 aromatic carbocycles. The maximum Gasteiger partial charge on any atom is 0.187 e. The Labute approximate surface area is 132 Å². The van der Waals surface area contributed by atoms with Gasteiger partial charge in [-0.2, -0.15) is 0 Å². The van der Waals surface area contributed by atoms with Crippen LogP contribution in [0.25, 0.3) is 0 Å². The summed E-state index contributed by atoms with van der Waals surface area (Å²) in [6, 6.07) is 14.8. The third-order valence-corrected chi connectivity index (χ3v) is 3.31. The van der Waals surface area contributed by atoms with E-state index in [1.54, 1.807) is 30.5 Å². The molecule has 4 heteroatoms. The zero-order valence-corrected chi connectivity index (χ0v) is 13.3. The molecule has 0 radical (unpaired) electrons. The van der Waals surface area contributed by atoms with Crippen molar-refractivity contribution in [3.05, 3.63) is 70.8 Å². The summed E-state index contributed by atoms with van der Waals surface area (Å²) in [6.07, 6.45) is 3.15. The minimum atomic E-state index is -0.0531. The Hall–Kier alpha value is -2.07. The summed E-state index contributed by atoms with van der Waals surface area (Å²) in [6.45, 7) is 2.54. The predicted octanol–water partition coefficient (Wildman–Crippen LogP) is 4.66. The zero-order valence-electron chi connectivity index (χ0n) is 11.7. The SMILES string of the molecule is CCOc1ccc(C(=O)/C=C/Nc2ccc(Br)cc2)cc1. The maximum absolute atomic E-state index is 12.0. The average molecular weight is 346 g/mol. The van der Waals surface area contributed by atoms with Crippen molar-refractivity contribution in [1.82, 2.24) is 0 Å². The van der Waals surface area contributed by atoms with E-state index in [1.807, 2.05) is 31.2 Å². The first kappa shape index (κ1) is 15.3. The standard InChI is InChI=1S/C17H16BrNO2/c1-2-21-16-9-3-13(4-10-16)17(20)11-12-19-15-7-5-14(18)6-8-15/h3-12,19H,2H2,1H3/b12-11+. The number of hydrogen-bond acceptors (Lipinski definition) is 3. The third kappa shape index (κ3) is 4.76. The van der Waals surface area contributed by atoms with Gasteiger partial charge in [0.25, 0.3) is 0 Å². The van der Waals surface area contributed by atoms with E-state index in [1.165, 1.54) is 6.08 Å². The third-order valence-electron chi connectivity index (χ3n) is 2.78. The van der Waals surface area contributed by atoms with Gasteiger partial charge in [-0.05, 0) is 55.5 Å². The Bertz CT molecular complexity index is 618. The summed E-state index contributed by atoms with van der Waals surface area (Å²) >= 11 is 3.37. The van der Waals surface area contributed by atoms with Crippen LogP contribution in [-0.2, 0) is 0 Å². The Kier molecular flexibility index (Phi) is 5.58. The summed E-state index contributed by atoms with van der Waals surface area (Å²) < 4.78 is 6.36. The van der Waals surface area contributed by atoms with E-state index in [0.717, 1.165) is 15.9 Å². The lowest BCUT2D eigenvalue weighted by molar-refractivity contribution is 0.104. The first-order valence-corrected chi connectivity index (χ1v) is 7.44. The van der Waals surface area contributed by atoms with E-state index in [2.05, 4.69) is 21.2 Å². The molecule has 0 heterocycles. The smallest absolute Gasteiger partial charge is 0.187 e. The van der Waals surface area contributed by atoms with Crippen LogP contribution in [0.4, 0.5) is 5.69 Å². The minimum absolute atomic E-state index is 0.0531. The number of ketones is 1. The lowest BCUT2D eigenvalue weighted by Gasteiger charge is -2.03. The van der Waals surface area contributed by atoms with Crippen LogP contribution in [0.2, 0.25) is 0 Å². The first-order valence-electron chi connectivity index (χ1n) is 6.65. The van der Waals surface area contributed by atoms with E-state index in [9.17, 15) is 4.79 Å². The molecular weight excluding hydrogens is 330 g/mol. The van der Waals surface area contributed by atoms with E-state index in [4.69, 9.17) is 4.74 Å². The fourth-order valence-electron chi connectivity index (χ4n) is 1.74. The van der Waals surface area contributed by atoms with Crippen molar-refractivity contribution in [3.8, 4) is 5.75 Å². The Morgan fingerprint density at radius 2 is 1.81 bits per heavy atom. The molecule has 0 atom stereocenters. The molecule has 0 aliphatic heterocycles. The van der Waals surface area contributed by atoms with Crippen LogP contribution in [0.1, 0.15) is 17.3 Å². The molecule has 0 aromatic heterocycles. The molecule has 0 fully saturated rings. The van der Waals surface area contributed by atoms with Crippen molar-refractivity contribution in [1.29, 1.82) is 0 Å². The van der Waals surface area contributed by atoms with Gasteiger partial charge in [-0.3, -0.25) is 4.79 Å². The van der Waals surface area contributed by atoms with Crippen molar-refractivity contribution in [2.45, 2.75) is 6.92 Å². The molecule has 0 spiro atoms. The van der Waals surface area contributed by atoms with Crippen molar-refractivity contribution < 1.29 is 9.53 Å². The highest BCUT2D eigenvalue weighted by Crippen LogP contribution is 2.15. The lowest BCUT2D eigenvalue weighted by atomic mass is 10.1. The molecule has 0 saturated heterocycles. The summed E-state index contributed by atoms with van der Waals surface area (Å²) in [5.74, 6) is 0.716.